The van der Waals surface area contributed by atoms with Gasteiger partial charge in [0.2, 0.25) is 5.91 Å². The number of ether oxygens (including phenoxy) is 1. The van der Waals surface area contributed by atoms with Gasteiger partial charge in [0.25, 0.3) is 0 Å². The van der Waals surface area contributed by atoms with Gasteiger partial charge in [0.1, 0.15) is 6.04 Å². The molecular formula is C12H16N2O2S. The van der Waals surface area contributed by atoms with Crippen LogP contribution in [0.5, 0.6) is 0 Å². The summed E-state index contributed by atoms with van der Waals surface area (Å²) in [5, 5.41) is 5.21. The molecule has 0 aliphatic carbocycles. The van der Waals surface area contributed by atoms with E-state index in [4.69, 9.17) is 4.74 Å². The van der Waals surface area contributed by atoms with E-state index in [0.717, 1.165) is 26.1 Å². The summed E-state index contributed by atoms with van der Waals surface area (Å²) < 4.78 is 5.22. The summed E-state index contributed by atoms with van der Waals surface area (Å²) in [6.45, 7) is 2.35. The minimum absolute atomic E-state index is 0.175. The van der Waals surface area contributed by atoms with Gasteiger partial charge in [0.15, 0.2) is 0 Å². The minimum atomic E-state index is -0.175. The Bertz CT molecular complexity index is 428. The Balaban J connectivity index is 1.84. The fourth-order valence-electron chi connectivity index (χ4n) is 2.32. The zero-order chi connectivity index (χ0) is 11.8. The summed E-state index contributed by atoms with van der Waals surface area (Å²) in [6, 6.07) is 1.96. The molecule has 0 radical (unpaired) electrons. The first-order valence-electron chi connectivity index (χ1n) is 5.93. The smallest absolute Gasteiger partial charge is 0.245 e. The third-order valence-corrected chi connectivity index (χ3v) is 4.39. The molecule has 2 aliphatic rings. The molecule has 1 fully saturated rings. The Hall–Kier alpha value is -0.910. The summed E-state index contributed by atoms with van der Waals surface area (Å²) in [6.07, 6.45) is 1.22. The van der Waals surface area contributed by atoms with E-state index in [1.165, 1.54) is 10.4 Å². The molecule has 0 bridgehead atoms. The van der Waals surface area contributed by atoms with Gasteiger partial charge in [-0.2, -0.15) is 0 Å². The van der Waals surface area contributed by atoms with Crippen molar-refractivity contribution in [1.82, 2.24) is 10.2 Å². The Morgan fingerprint density at radius 2 is 2.47 bits per heavy atom. The second-order valence-corrected chi connectivity index (χ2v) is 5.47. The molecule has 4 nitrogen and oxygen atoms in total. The molecule has 3 heterocycles. The number of carbonyl (C=O) groups excluding carboxylic acids is 1. The zero-order valence-electron chi connectivity index (χ0n) is 9.81. The van der Waals surface area contributed by atoms with Crippen LogP contribution in [0.3, 0.4) is 0 Å². The molecule has 1 saturated heterocycles. The molecule has 1 N–H and O–H groups in total. The van der Waals surface area contributed by atoms with Gasteiger partial charge < -0.3 is 15.0 Å². The molecule has 1 amide bonds. The van der Waals surface area contributed by atoms with Crippen molar-refractivity contribution < 1.29 is 9.53 Å². The second-order valence-electron chi connectivity index (χ2n) is 4.52. The Labute approximate surface area is 105 Å². The molecule has 2 aliphatic heterocycles. The van der Waals surface area contributed by atoms with Gasteiger partial charge in [-0.3, -0.25) is 4.79 Å². The number of carbonyl (C=O) groups is 1. The quantitative estimate of drug-likeness (QED) is 0.809. The Morgan fingerprint density at radius 1 is 1.65 bits per heavy atom. The van der Waals surface area contributed by atoms with E-state index < -0.39 is 0 Å². The first kappa shape index (κ1) is 11.2. The number of hydrogen-bond acceptors (Lipinski definition) is 4. The monoisotopic (exact) mass is 252 g/mol. The van der Waals surface area contributed by atoms with Crippen LogP contribution in [0.15, 0.2) is 11.4 Å². The van der Waals surface area contributed by atoms with Crippen molar-refractivity contribution in [3.8, 4) is 0 Å². The van der Waals surface area contributed by atoms with Crippen molar-refractivity contribution in [3.05, 3.63) is 21.9 Å². The van der Waals surface area contributed by atoms with Crippen LogP contribution in [0.4, 0.5) is 0 Å². The number of thiophene rings is 1. The highest BCUT2D eigenvalue weighted by molar-refractivity contribution is 7.10. The maximum absolute atomic E-state index is 12.4. The third-order valence-electron chi connectivity index (χ3n) is 3.37. The first-order chi connectivity index (χ1) is 8.29. The predicted octanol–water partition coefficient (Wildman–Crippen LogP) is 0.792. The Morgan fingerprint density at radius 3 is 3.18 bits per heavy atom. The highest BCUT2D eigenvalue weighted by Crippen LogP contribution is 2.30. The van der Waals surface area contributed by atoms with E-state index in [0.29, 0.717) is 0 Å². The number of nitrogens with one attached hydrogen (secondary N) is 1. The maximum Gasteiger partial charge on any atom is 0.245 e. The molecule has 5 heteroatoms. The van der Waals surface area contributed by atoms with Crippen LogP contribution < -0.4 is 5.32 Å². The fraction of sp³-hybridized carbons (Fsp3) is 0.583. The topological polar surface area (TPSA) is 44.9 Å². The highest BCUT2D eigenvalue weighted by atomic mass is 32.1. The van der Waals surface area contributed by atoms with Gasteiger partial charge in [-0.15, -0.1) is 11.3 Å². The van der Waals surface area contributed by atoms with Gasteiger partial charge in [-0.1, -0.05) is 0 Å². The van der Waals surface area contributed by atoms with Crippen LogP contribution in [0.1, 0.15) is 16.5 Å². The lowest BCUT2D eigenvalue weighted by molar-refractivity contribution is -0.133. The summed E-state index contributed by atoms with van der Waals surface area (Å²) in [7, 11) is 1.85. The molecule has 0 saturated carbocycles. The molecule has 3 rings (SSSR count). The van der Waals surface area contributed by atoms with Crippen LogP contribution in [-0.2, 0) is 16.0 Å². The number of fused-ring (bicyclic) bond motifs is 1. The number of nitrogens with zero attached hydrogens (tertiary/aromatic N) is 1. The molecule has 92 valence electrons. The Kier molecular flexibility index (Phi) is 2.90. The lowest BCUT2D eigenvalue weighted by atomic mass is 10.1. The number of amides is 1. The summed E-state index contributed by atoms with van der Waals surface area (Å²) in [5.41, 5.74) is 1.31. The van der Waals surface area contributed by atoms with E-state index in [9.17, 15) is 4.79 Å². The molecular weight excluding hydrogens is 236 g/mol. The van der Waals surface area contributed by atoms with E-state index in [1.807, 2.05) is 11.9 Å². The van der Waals surface area contributed by atoms with Gasteiger partial charge in [-0.05, 0) is 30.5 Å². The van der Waals surface area contributed by atoms with Gasteiger partial charge in [0, 0.05) is 18.0 Å². The van der Waals surface area contributed by atoms with E-state index >= 15 is 0 Å². The highest BCUT2D eigenvalue weighted by Gasteiger charge is 2.34. The van der Waals surface area contributed by atoms with E-state index in [2.05, 4.69) is 16.8 Å². The van der Waals surface area contributed by atoms with Crippen molar-refractivity contribution in [1.29, 1.82) is 0 Å². The first-order valence-corrected chi connectivity index (χ1v) is 6.81. The number of likely N-dealkylation sites (N-methyl/N-ethyl adjacent to an activating group) is 1. The van der Waals surface area contributed by atoms with Crippen molar-refractivity contribution >= 4 is 17.2 Å². The number of rotatable bonds is 3. The largest absolute Gasteiger partial charge is 0.371 e. The van der Waals surface area contributed by atoms with Crippen molar-refractivity contribution in [2.45, 2.75) is 18.6 Å². The lowest BCUT2D eigenvalue weighted by Crippen LogP contribution is -2.40. The standard InChI is InChI=1S/C12H16N2O2S/c1-13-10-11-8(3-5-17-11)2-4-14(12(10)15)6-9-7-16-9/h3,5,9-10,13H,2,4,6-7H2,1H3. The van der Waals surface area contributed by atoms with Gasteiger partial charge in [0.05, 0.1) is 12.7 Å². The van der Waals surface area contributed by atoms with Gasteiger partial charge >= 0.3 is 0 Å². The lowest BCUT2D eigenvalue weighted by Gasteiger charge is -2.23. The molecule has 1 aromatic heterocycles. The van der Waals surface area contributed by atoms with Crippen LogP contribution in [0.25, 0.3) is 0 Å². The molecule has 0 aromatic carbocycles. The average Bonchev–Trinajstić information content (AvgIpc) is 3.05. The zero-order valence-corrected chi connectivity index (χ0v) is 10.6. The van der Waals surface area contributed by atoms with Crippen molar-refractivity contribution in [3.63, 3.8) is 0 Å². The average molecular weight is 252 g/mol. The van der Waals surface area contributed by atoms with Crippen LogP contribution in [-0.4, -0.2) is 43.7 Å². The number of epoxide rings is 1. The summed E-state index contributed by atoms with van der Waals surface area (Å²) >= 11 is 1.67. The van der Waals surface area contributed by atoms with Crippen LogP contribution >= 0.6 is 11.3 Å². The maximum atomic E-state index is 12.4. The normalized spacial score (nSPS) is 27.8. The van der Waals surface area contributed by atoms with Gasteiger partial charge in [-0.25, -0.2) is 0 Å². The molecule has 17 heavy (non-hydrogen) atoms. The third kappa shape index (κ3) is 2.10. The number of hydrogen-bond donors (Lipinski definition) is 1. The predicted molar refractivity (Wildman–Crippen MR) is 66.1 cm³/mol. The molecule has 2 unspecified atom stereocenters. The van der Waals surface area contributed by atoms with Crippen LogP contribution in [0, 0.1) is 0 Å². The van der Waals surface area contributed by atoms with Crippen molar-refractivity contribution in [2.75, 3.05) is 26.7 Å². The van der Waals surface area contributed by atoms with Crippen molar-refractivity contribution in [2.24, 2.45) is 0 Å². The molecule has 1 aromatic rings. The summed E-state index contributed by atoms with van der Waals surface area (Å²) in [5.74, 6) is 0.184. The second kappa shape index (κ2) is 4.40. The molecule has 2 atom stereocenters. The van der Waals surface area contributed by atoms with E-state index in [-0.39, 0.29) is 18.1 Å². The van der Waals surface area contributed by atoms with E-state index in [1.54, 1.807) is 11.3 Å². The summed E-state index contributed by atoms with van der Waals surface area (Å²) in [4.78, 5) is 15.5. The minimum Gasteiger partial charge on any atom is -0.371 e. The molecule has 0 spiro atoms. The fourth-order valence-corrected chi connectivity index (χ4v) is 3.38. The van der Waals surface area contributed by atoms with Crippen LogP contribution in [0.2, 0.25) is 0 Å². The SMILES string of the molecule is CNC1C(=O)N(CC2CO2)CCc2ccsc21.